The highest BCUT2D eigenvalue weighted by atomic mass is 35.5. The summed E-state index contributed by atoms with van der Waals surface area (Å²) >= 11 is 6.40. The van der Waals surface area contributed by atoms with Crippen molar-refractivity contribution in [1.82, 2.24) is 4.90 Å². The molecule has 2 N–H and O–H groups in total. The van der Waals surface area contributed by atoms with Crippen molar-refractivity contribution in [2.75, 3.05) is 26.3 Å². The lowest BCUT2D eigenvalue weighted by Gasteiger charge is -2.18. The molecule has 0 aromatic heterocycles. The Hall–Kier alpha value is -0.680. The quantitative estimate of drug-likeness (QED) is 0.802. The molecule has 0 spiro atoms. The molecule has 1 saturated heterocycles. The van der Waals surface area contributed by atoms with Crippen LogP contribution in [0.2, 0.25) is 5.02 Å². The lowest BCUT2D eigenvalue weighted by atomic mass is 10.1. The molecule has 1 aliphatic rings. The second kappa shape index (κ2) is 9.58. The summed E-state index contributed by atoms with van der Waals surface area (Å²) in [4.78, 5) is 2.36. The number of hydrogen-bond donors (Lipinski definition) is 1. The van der Waals surface area contributed by atoms with E-state index in [-0.39, 0.29) is 18.4 Å². The maximum absolute atomic E-state index is 6.40. The van der Waals surface area contributed by atoms with Gasteiger partial charge in [-0.3, -0.25) is 4.90 Å². The van der Waals surface area contributed by atoms with Gasteiger partial charge < -0.3 is 15.2 Å². The Morgan fingerprint density at radius 1 is 1.26 bits per heavy atom. The van der Waals surface area contributed by atoms with E-state index in [1.165, 1.54) is 0 Å². The van der Waals surface area contributed by atoms with E-state index >= 15 is 0 Å². The first-order valence-electron chi connectivity index (χ1n) is 8.11. The minimum absolute atomic E-state index is 0. The van der Waals surface area contributed by atoms with E-state index in [1.807, 2.05) is 19.1 Å². The molecule has 1 aromatic rings. The number of benzene rings is 1. The SMILES string of the molecule is CCCOc1c(Cl)cc(CN2CC(C)C(N)C2)cc1OCC.Cl. The van der Waals surface area contributed by atoms with Crippen LogP contribution in [0.3, 0.4) is 0 Å². The van der Waals surface area contributed by atoms with Crippen LogP contribution in [0.15, 0.2) is 12.1 Å². The van der Waals surface area contributed by atoms with Crippen LogP contribution in [-0.2, 0) is 6.54 Å². The molecular formula is C17H28Cl2N2O2. The molecule has 4 nitrogen and oxygen atoms in total. The van der Waals surface area contributed by atoms with E-state index in [9.17, 15) is 0 Å². The van der Waals surface area contributed by atoms with E-state index in [4.69, 9.17) is 26.8 Å². The molecular weight excluding hydrogens is 335 g/mol. The first kappa shape index (κ1) is 20.4. The van der Waals surface area contributed by atoms with Gasteiger partial charge in [-0.05, 0) is 37.0 Å². The standard InChI is InChI=1S/C17H27ClN2O2.ClH/c1-4-6-22-17-14(18)7-13(8-16(17)21-5-2)10-20-9-12(3)15(19)11-20;/h7-8,12,15H,4-6,9-11,19H2,1-3H3;1H. The predicted octanol–water partition coefficient (Wildman–Crippen LogP) is 3.73. The molecule has 23 heavy (non-hydrogen) atoms. The van der Waals surface area contributed by atoms with E-state index in [2.05, 4.69) is 18.7 Å². The largest absolute Gasteiger partial charge is 0.490 e. The second-order valence-electron chi connectivity index (χ2n) is 6.02. The molecule has 0 bridgehead atoms. The van der Waals surface area contributed by atoms with Crippen molar-refractivity contribution in [2.45, 2.75) is 39.8 Å². The fourth-order valence-corrected chi connectivity index (χ4v) is 3.09. The molecule has 1 aliphatic heterocycles. The zero-order chi connectivity index (χ0) is 16.1. The van der Waals surface area contributed by atoms with Gasteiger partial charge in [-0.1, -0.05) is 25.4 Å². The number of likely N-dealkylation sites (tertiary alicyclic amines) is 1. The zero-order valence-electron chi connectivity index (χ0n) is 14.2. The molecule has 2 rings (SSSR count). The Kier molecular flexibility index (Phi) is 8.48. The fraction of sp³-hybridized carbons (Fsp3) is 0.647. The van der Waals surface area contributed by atoms with Crippen LogP contribution >= 0.6 is 24.0 Å². The summed E-state index contributed by atoms with van der Waals surface area (Å²) < 4.78 is 11.4. The number of hydrogen-bond acceptors (Lipinski definition) is 4. The van der Waals surface area contributed by atoms with E-state index in [0.717, 1.165) is 37.4 Å². The molecule has 1 fully saturated rings. The summed E-state index contributed by atoms with van der Waals surface area (Å²) in [7, 11) is 0. The number of nitrogens with zero attached hydrogens (tertiary/aromatic N) is 1. The summed E-state index contributed by atoms with van der Waals surface area (Å²) in [5, 5.41) is 0.617. The summed E-state index contributed by atoms with van der Waals surface area (Å²) in [5.74, 6) is 1.92. The van der Waals surface area contributed by atoms with Crippen molar-refractivity contribution in [3.63, 3.8) is 0 Å². The molecule has 0 amide bonds. The molecule has 0 aliphatic carbocycles. The molecule has 0 saturated carbocycles. The third kappa shape index (κ3) is 5.42. The Bertz CT molecular complexity index is 490. The van der Waals surface area contributed by atoms with Gasteiger partial charge in [0.15, 0.2) is 11.5 Å². The van der Waals surface area contributed by atoms with Gasteiger partial charge in [-0.2, -0.15) is 0 Å². The highest BCUT2D eigenvalue weighted by Gasteiger charge is 2.26. The first-order chi connectivity index (χ1) is 10.5. The molecule has 0 radical (unpaired) electrons. The number of halogens is 2. The summed E-state index contributed by atoms with van der Waals surface area (Å²) in [6.07, 6.45) is 0.938. The van der Waals surface area contributed by atoms with Crippen LogP contribution in [0, 0.1) is 5.92 Å². The Morgan fingerprint density at radius 3 is 2.57 bits per heavy atom. The van der Waals surface area contributed by atoms with Crippen LogP contribution < -0.4 is 15.2 Å². The summed E-state index contributed by atoms with van der Waals surface area (Å²) in [6, 6.07) is 4.27. The summed E-state index contributed by atoms with van der Waals surface area (Å²) in [6.45, 7) is 10.3. The topological polar surface area (TPSA) is 47.7 Å². The zero-order valence-corrected chi connectivity index (χ0v) is 15.8. The lowest BCUT2D eigenvalue weighted by Crippen LogP contribution is -2.28. The van der Waals surface area contributed by atoms with Gasteiger partial charge in [0.05, 0.1) is 18.2 Å². The maximum Gasteiger partial charge on any atom is 0.179 e. The Labute approximate surface area is 150 Å². The average Bonchev–Trinajstić information content (AvgIpc) is 2.76. The maximum atomic E-state index is 6.40. The van der Waals surface area contributed by atoms with Crippen LogP contribution in [0.5, 0.6) is 11.5 Å². The predicted molar refractivity (Wildman–Crippen MR) is 98.1 cm³/mol. The smallest absolute Gasteiger partial charge is 0.179 e. The average molecular weight is 363 g/mol. The fourth-order valence-electron chi connectivity index (χ4n) is 2.80. The van der Waals surface area contributed by atoms with Gasteiger partial charge in [0, 0.05) is 25.7 Å². The molecule has 2 unspecified atom stereocenters. The molecule has 2 atom stereocenters. The Morgan fingerprint density at radius 2 is 2.00 bits per heavy atom. The van der Waals surface area contributed by atoms with Crippen molar-refractivity contribution in [2.24, 2.45) is 11.7 Å². The van der Waals surface area contributed by atoms with Crippen molar-refractivity contribution in [1.29, 1.82) is 0 Å². The van der Waals surface area contributed by atoms with Gasteiger partial charge >= 0.3 is 0 Å². The second-order valence-corrected chi connectivity index (χ2v) is 6.43. The van der Waals surface area contributed by atoms with Crippen LogP contribution in [0.1, 0.15) is 32.8 Å². The summed E-state index contributed by atoms with van der Waals surface area (Å²) in [5.41, 5.74) is 7.23. The van der Waals surface area contributed by atoms with Crippen molar-refractivity contribution in [3.05, 3.63) is 22.7 Å². The van der Waals surface area contributed by atoms with Gasteiger partial charge in [0.2, 0.25) is 0 Å². The van der Waals surface area contributed by atoms with Crippen LogP contribution in [0.25, 0.3) is 0 Å². The van der Waals surface area contributed by atoms with Crippen LogP contribution in [0.4, 0.5) is 0 Å². The van der Waals surface area contributed by atoms with E-state index in [1.54, 1.807) is 0 Å². The molecule has 6 heteroatoms. The highest BCUT2D eigenvalue weighted by molar-refractivity contribution is 6.32. The lowest BCUT2D eigenvalue weighted by molar-refractivity contribution is 0.275. The Balaban J connectivity index is 0.00000264. The monoisotopic (exact) mass is 362 g/mol. The van der Waals surface area contributed by atoms with E-state index in [0.29, 0.717) is 29.9 Å². The van der Waals surface area contributed by atoms with Gasteiger partial charge in [-0.25, -0.2) is 0 Å². The van der Waals surface area contributed by atoms with Gasteiger partial charge in [-0.15, -0.1) is 12.4 Å². The van der Waals surface area contributed by atoms with Crippen molar-refractivity contribution >= 4 is 24.0 Å². The first-order valence-corrected chi connectivity index (χ1v) is 8.48. The normalized spacial score (nSPS) is 21.1. The third-order valence-corrected chi connectivity index (χ3v) is 4.25. The van der Waals surface area contributed by atoms with Gasteiger partial charge in [0.25, 0.3) is 0 Å². The highest BCUT2D eigenvalue weighted by Crippen LogP contribution is 2.37. The van der Waals surface area contributed by atoms with Crippen molar-refractivity contribution in [3.8, 4) is 11.5 Å². The van der Waals surface area contributed by atoms with Gasteiger partial charge in [0.1, 0.15) is 0 Å². The number of nitrogens with two attached hydrogens (primary N) is 1. The van der Waals surface area contributed by atoms with E-state index < -0.39 is 0 Å². The molecule has 1 aromatic carbocycles. The van der Waals surface area contributed by atoms with Crippen LogP contribution in [-0.4, -0.2) is 37.2 Å². The number of rotatable bonds is 7. The molecule has 132 valence electrons. The molecule has 1 heterocycles. The minimum atomic E-state index is 0. The van der Waals surface area contributed by atoms with Crippen molar-refractivity contribution < 1.29 is 9.47 Å². The number of ether oxygens (including phenoxy) is 2. The third-order valence-electron chi connectivity index (χ3n) is 3.97. The minimum Gasteiger partial charge on any atom is -0.490 e.